The van der Waals surface area contributed by atoms with Gasteiger partial charge in [-0.2, -0.15) is 5.26 Å². The Labute approximate surface area is 93.1 Å². The summed E-state index contributed by atoms with van der Waals surface area (Å²) >= 11 is 0. The van der Waals surface area contributed by atoms with Crippen LogP contribution in [0.5, 0.6) is 0 Å². The van der Waals surface area contributed by atoms with E-state index in [1.807, 2.05) is 0 Å². The SMILES string of the molecule is N#Cc1c[nH]c2c(F)cc([N+](=O)[O-])cc2c1=O. The van der Waals surface area contributed by atoms with Crippen LogP contribution in [0.3, 0.4) is 0 Å². The Kier molecular flexibility index (Phi) is 2.33. The predicted octanol–water partition coefficient (Wildman–Crippen LogP) is 1.45. The molecule has 1 heterocycles. The number of nitriles is 1. The van der Waals surface area contributed by atoms with Crippen LogP contribution in [0.25, 0.3) is 10.9 Å². The fourth-order valence-electron chi connectivity index (χ4n) is 1.46. The summed E-state index contributed by atoms with van der Waals surface area (Å²) in [5, 5.41) is 18.9. The topological polar surface area (TPSA) is 99.8 Å². The van der Waals surface area contributed by atoms with Crippen molar-refractivity contribution >= 4 is 16.6 Å². The minimum absolute atomic E-state index is 0.153. The van der Waals surface area contributed by atoms with Crippen LogP contribution in [0.15, 0.2) is 23.1 Å². The van der Waals surface area contributed by atoms with Crippen molar-refractivity contribution in [3.05, 3.63) is 50.0 Å². The highest BCUT2D eigenvalue weighted by Crippen LogP contribution is 2.20. The van der Waals surface area contributed by atoms with E-state index in [2.05, 4.69) is 4.98 Å². The molecule has 1 N–H and O–H groups in total. The maximum absolute atomic E-state index is 13.5. The van der Waals surface area contributed by atoms with E-state index in [0.29, 0.717) is 6.07 Å². The van der Waals surface area contributed by atoms with Gasteiger partial charge in [-0.05, 0) is 0 Å². The molecule has 2 aromatic rings. The molecule has 1 aromatic carbocycles. The Bertz CT molecular complexity index is 730. The molecule has 0 aliphatic rings. The molecule has 0 bridgehead atoms. The molecular formula is C10H4FN3O3. The van der Waals surface area contributed by atoms with Gasteiger partial charge in [0.15, 0.2) is 5.82 Å². The maximum atomic E-state index is 13.5. The number of aromatic nitrogens is 1. The zero-order valence-corrected chi connectivity index (χ0v) is 8.23. The number of rotatable bonds is 1. The fourth-order valence-corrected chi connectivity index (χ4v) is 1.46. The van der Waals surface area contributed by atoms with E-state index in [0.717, 1.165) is 12.3 Å². The lowest BCUT2D eigenvalue weighted by atomic mass is 10.1. The van der Waals surface area contributed by atoms with Crippen LogP contribution in [0.1, 0.15) is 5.56 Å². The van der Waals surface area contributed by atoms with Crippen LogP contribution in [0.2, 0.25) is 0 Å². The number of nitrogens with one attached hydrogen (secondary N) is 1. The lowest BCUT2D eigenvalue weighted by Gasteiger charge is -2.00. The number of fused-ring (bicyclic) bond motifs is 1. The average Bonchev–Trinajstić information content (AvgIpc) is 2.30. The van der Waals surface area contributed by atoms with Crippen LogP contribution in [-0.2, 0) is 0 Å². The number of H-pyrrole nitrogens is 1. The lowest BCUT2D eigenvalue weighted by Crippen LogP contribution is -2.08. The van der Waals surface area contributed by atoms with Gasteiger partial charge in [-0.25, -0.2) is 4.39 Å². The van der Waals surface area contributed by atoms with E-state index in [9.17, 15) is 19.3 Å². The summed E-state index contributed by atoms with van der Waals surface area (Å²) in [4.78, 5) is 23.8. The van der Waals surface area contributed by atoms with E-state index in [1.165, 1.54) is 0 Å². The molecular weight excluding hydrogens is 229 g/mol. The van der Waals surface area contributed by atoms with Crippen molar-refractivity contribution < 1.29 is 9.31 Å². The minimum atomic E-state index is -0.907. The summed E-state index contributed by atoms with van der Waals surface area (Å²) in [5.41, 5.74) is -1.64. The summed E-state index contributed by atoms with van der Waals surface area (Å²) in [6.07, 6.45) is 1.07. The monoisotopic (exact) mass is 233 g/mol. The largest absolute Gasteiger partial charge is 0.357 e. The third kappa shape index (κ3) is 1.61. The highest BCUT2D eigenvalue weighted by atomic mass is 19.1. The predicted molar refractivity (Wildman–Crippen MR) is 55.9 cm³/mol. The fraction of sp³-hybridized carbons (Fsp3) is 0. The number of nitrogens with zero attached hydrogens (tertiary/aromatic N) is 2. The molecule has 0 unspecified atom stereocenters. The first-order valence-electron chi connectivity index (χ1n) is 4.44. The molecule has 0 aliphatic heterocycles. The molecule has 6 nitrogen and oxygen atoms in total. The van der Waals surface area contributed by atoms with Gasteiger partial charge in [-0.3, -0.25) is 14.9 Å². The van der Waals surface area contributed by atoms with Gasteiger partial charge in [0.25, 0.3) is 5.69 Å². The zero-order chi connectivity index (χ0) is 12.6. The summed E-state index contributed by atoms with van der Waals surface area (Å²) in [5.74, 6) is -0.907. The standard InChI is InChI=1S/C10H4FN3O3/c11-8-2-6(14(16)17)1-7-9(8)13-4-5(3-12)10(7)15/h1-2,4H,(H,13,15). The molecule has 1 aromatic heterocycles. The van der Waals surface area contributed by atoms with Gasteiger partial charge in [-0.15, -0.1) is 0 Å². The highest BCUT2D eigenvalue weighted by Gasteiger charge is 2.15. The molecule has 17 heavy (non-hydrogen) atoms. The molecule has 0 atom stereocenters. The van der Waals surface area contributed by atoms with Gasteiger partial charge in [0, 0.05) is 12.3 Å². The first kappa shape index (κ1) is 10.8. The summed E-state index contributed by atoms with van der Waals surface area (Å²) in [6.45, 7) is 0. The average molecular weight is 233 g/mol. The quantitative estimate of drug-likeness (QED) is 0.594. The number of nitro groups is 1. The molecule has 0 spiro atoms. The van der Waals surface area contributed by atoms with Crippen molar-refractivity contribution in [3.63, 3.8) is 0 Å². The van der Waals surface area contributed by atoms with Crippen molar-refractivity contribution in [2.45, 2.75) is 0 Å². The first-order chi connectivity index (χ1) is 8.04. The number of hydrogen-bond acceptors (Lipinski definition) is 4. The minimum Gasteiger partial charge on any atom is -0.357 e. The number of pyridine rings is 1. The smallest absolute Gasteiger partial charge is 0.273 e. The second-order valence-corrected chi connectivity index (χ2v) is 3.25. The highest BCUT2D eigenvalue weighted by molar-refractivity contribution is 5.82. The normalized spacial score (nSPS) is 10.1. The van der Waals surface area contributed by atoms with Crippen molar-refractivity contribution in [2.24, 2.45) is 0 Å². The molecule has 7 heteroatoms. The van der Waals surface area contributed by atoms with Gasteiger partial charge in [0.05, 0.1) is 21.9 Å². The molecule has 0 aliphatic carbocycles. The van der Waals surface area contributed by atoms with Crippen molar-refractivity contribution in [3.8, 4) is 6.07 Å². The Hall–Kier alpha value is -2.75. The van der Waals surface area contributed by atoms with E-state index >= 15 is 0 Å². The van der Waals surface area contributed by atoms with Crippen molar-refractivity contribution in [2.75, 3.05) is 0 Å². The summed E-state index contributed by atoms with van der Waals surface area (Å²) in [7, 11) is 0. The van der Waals surface area contributed by atoms with Crippen LogP contribution in [-0.4, -0.2) is 9.91 Å². The number of benzene rings is 1. The van der Waals surface area contributed by atoms with Gasteiger partial charge < -0.3 is 4.98 Å². The lowest BCUT2D eigenvalue weighted by molar-refractivity contribution is -0.384. The third-order valence-electron chi connectivity index (χ3n) is 2.26. The van der Waals surface area contributed by atoms with Gasteiger partial charge >= 0.3 is 0 Å². The summed E-state index contributed by atoms with van der Waals surface area (Å²) < 4.78 is 13.5. The number of aromatic amines is 1. The second kappa shape index (κ2) is 3.68. The van der Waals surface area contributed by atoms with Crippen LogP contribution >= 0.6 is 0 Å². The molecule has 0 amide bonds. The molecule has 84 valence electrons. The van der Waals surface area contributed by atoms with Crippen molar-refractivity contribution in [1.29, 1.82) is 5.26 Å². The second-order valence-electron chi connectivity index (χ2n) is 3.25. The number of nitro benzene ring substituents is 1. The van der Waals surface area contributed by atoms with Crippen LogP contribution in [0, 0.1) is 27.3 Å². The van der Waals surface area contributed by atoms with E-state index < -0.39 is 21.9 Å². The van der Waals surface area contributed by atoms with E-state index in [-0.39, 0.29) is 16.5 Å². The number of non-ortho nitro benzene ring substituents is 1. The molecule has 0 saturated heterocycles. The number of hydrogen-bond donors (Lipinski definition) is 1. The van der Waals surface area contributed by atoms with E-state index in [4.69, 9.17) is 5.26 Å². The Morgan fingerprint density at radius 1 is 1.47 bits per heavy atom. The van der Waals surface area contributed by atoms with Gasteiger partial charge in [0.2, 0.25) is 5.43 Å². The first-order valence-corrected chi connectivity index (χ1v) is 4.44. The Balaban J connectivity index is 2.95. The molecule has 0 fully saturated rings. The molecule has 2 rings (SSSR count). The van der Waals surface area contributed by atoms with Crippen molar-refractivity contribution in [1.82, 2.24) is 4.98 Å². The van der Waals surface area contributed by atoms with Gasteiger partial charge in [-0.1, -0.05) is 0 Å². The van der Waals surface area contributed by atoms with E-state index in [1.54, 1.807) is 6.07 Å². The molecule has 0 saturated carbocycles. The maximum Gasteiger partial charge on any atom is 0.273 e. The third-order valence-corrected chi connectivity index (χ3v) is 2.26. The Morgan fingerprint density at radius 2 is 2.18 bits per heavy atom. The number of halogens is 1. The summed E-state index contributed by atoms with van der Waals surface area (Å²) in [6, 6.07) is 3.27. The Morgan fingerprint density at radius 3 is 2.76 bits per heavy atom. The van der Waals surface area contributed by atoms with Crippen LogP contribution < -0.4 is 5.43 Å². The molecule has 0 radical (unpaired) electrons. The van der Waals surface area contributed by atoms with Gasteiger partial charge in [0.1, 0.15) is 11.6 Å². The zero-order valence-electron chi connectivity index (χ0n) is 8.23. The van der Waals surface area contributed by atoms with Crippen LogP contribution in [0.4, 0.5) is 10.1 Å².